The van der Waals surface area contributed by atoms with Crippen LogP contribution in [0.15, 0.2) is 28.7 Å². The van der Waals surface area contributed by atoms with Crippen molar-refractivity contribution in [3.05, 3.63) is 36.0 Å². The lowest BCUT2D eigenvalue weighted by Crippen LogP contribution is -2.28. The number of piperidine rings is 1. The van der Waals surface area contributed by atoms with Crippen LogP contribution in [-0.2, 0) is 0 Å². The molecule has 1 aliphatic heterocycles. The van der Waals surface area contributed by atoms with Gasteiger partial charge in [-0.3, -0.25) is 0 Å². The van der Waals surface area contributed by atoms with Crippen molar-refractivity contribution in [1.82, 2.24) is 15.5 Å². The van der Waals surface area contributed by atoms with Gasteiger partial charge >= 0.3 is 0 Å². The van der Waals surface area contributed by atoms with Crippen molar-refractivity contribution in [2.75, 3.05) is 13.1 Å². The van der Waals surface area contributed by atoms with Gasteiger partial charge in [0.1, 0.15) is 5.82 Å². The molecule has 1 aliphatic rings. The van der Waals surface area contributed by atoms with Crippen molar-refractivity contribution in [3.63, 3.8) is 0 Å². The summed E-state index contributed by atoms with van der Waals surface area (Å²) in [5.74, 6) is 0.760. The first-order chi connectivity index (χ1) is 8.84. The minimum absolute atomic E-state index is 0.242. The maximum absolute atomic E-state index is 13.6. The van der Waals surface area contributed by atoms with Crippen LogP contribution >= 0.6 is 0 Å². The molecular formula is C13H14FN3O. The molecule has 2 heterocycles. The largest absolute Gasteiger partial charge is 0.420 e. The fourth-order valence-corrected chi connectivity index (χ4v) is 2.21. The van der Waals surface area contributed by atoms with Crippen LogP contribution < -0.4 is 5.32 Å². The molecule has 1 fully saturated rings. The van der Waals surface area contributed by atoms with Gasteiger partial charge in [-0.05, 0) is 31.5 Å². The molecule has 18 heavy (non-hydrogen) atoms. The molecule has 94 valence electrons. The molecule has 1 atom stereocenters. The predicted molar refractivity (Wildman–Crippen MR) is 64.5 cm³/mol. The summed E-state index contributed by atoms with van der Waals surface area (Å²) in [4.78, 5) is 0. The van der Waals surface area contributed by atoms with Crippen LogP contribution in [0.4, 0.5) is 4.39 Å². The molecule has 2 aromatic rings. The predicted octanol–water partition coefficient (Wildman–Crippen LogP) is 2.34. The molecule has 0 amide bonds. The van der Waals surface area contributed by atoms with Gasteiger partial charge < -0.3 is 9.73 Å². The van der Waals surface area contributed by atoms with Crippen LogP contribution in [0.25, 0.3) is 11.5 Å². The second kappa shape index (κ2) is 4.86. The Kier molecular flexibility index (Phi) is 3.06. The van der Waals surface area contributed by atoms with E-state index in [9.17, 15) is 4.39 Å². The molecule has 0 radical (unpaired) electrons. The number of hydrogen-bond acceptors (Lipinski definition) is 4. The minimum Gasteiger partial charge on any atom is -0.420 e. The van der Waals surface area contributed by atoms with Gasteiger partial charge in [-0.15, -0.1) is 10.2 Å². The lowest BCUT2D eigenvalue weighted by atomic mass is 10.00. The quantitative estimate of drug-likeness (QED) is 0.885. The first kappa shape index (κ1) is 11.3. The molecule has 0 spiro atoms. The van der Waals surface area contributed by atoms with Gasteiger partial charge in [0.05, 0.1) is 5.56 Å². The normalized spacial score (nSPS) is 19.9. The third-order valence-corrected chi connectivity index (χ3v) is 3.19. The highest BCUT2D eigenvalue weighted by Crippen LogP contribution is 2.26. The zero-order chi connectivity index (χ0) is 12.4. The van der Waals surface area contributed by atoms with Crippen molar-refractivity contribution < 1.29 is 8.81 Å². The highest BCUT2D eigenvalue weighted by atomic mass is 19.1. The monoisotopic (exact) mass is 247 g/mol. The lowest BCUT2D eigenvalue weighted by Gasteiger charge is -2.18. The highest BCUT2D eigenvalue weighted by molar-refractivity contribution is 5.53. The summed E-state index contributed by atoms with van der Waals surface area (Å²) in [7, 11) is 0. The SMILES string of the molecule is Fc1ccccc1-c1nnc(C2CCCNC2)o1. The Morgan fingerprint density at radius 2 is 2.17 bits per heavy atom. The third-order valence-electron chi connectivity index (χ3n) is 3.19. The van der Waals surface area contributed by atoms with E-state index in [1.165, 1.54) is 6.07 Å². The van der Waals surface area contributed by atoms with E-state index >= 15 is 0 Å². The first-order valence-corrected chi connectivity index (χ1v) is 6.13. The van der Waals surface area contributed by atoms with Gasteiger partial charge in [0.25, 0.3) is 5.89 Å². The van der Waals surface area contributed by atoms with E-state index < -0.39 is 0 Å². The van der Waals surface area contributed by atoms with E-state index in [0.29, 0.717) is 11.5 Å². The number of nitrogens with one attached hydrogen (secondary N) is 1. The Labute approximate surface area is 104 Å². The van der Waals surface area contributed by atoms with Crippen molar-refractivity contribution in [3.8, 4) is 11.5 Å². The average molecular weight is 247 g/mol. The molecule has 0 aliphatic carbocycles. The number of benzene rings is 1. The van der Waals surface area contributed by atoms with Gasteiger partial charge in [-0.25, -0.2) is 4.39 Å². The van der Waals surface area contributed by atoms with Gasteiger partial charge in [0.2, 0.25) is 5.89 Å². The average Bonchev–Trinajstić information content (AvgIpc) is 2.90. The lowest BCUT2D eigenvalue weighted by molar-refractivity contribution is 0.380. The second-order valence-electron chi connectivity index (χ2n) is 4.47. The number of nitrogens with zero attached hydrogens (tertiary/aromatic N) is 2. The van der Waals surface area contributed by atoms with E-state index in [0.717, 1.165) is 25.9 Å². The van der Waals surface area contributed by atoms with E-state index in [4.69, 9.17) is 4.42 Å². The van der Waals surface area contributed by atoms with E-state index in [2.05, 4.69) is 15.5 Å². The van der Waals surface area contributed by atoms with Crippen molar-refractivity contribution >= 4 is 0 Å². The zero-order valence-electron chi connectivity index (χ0n) is 9.90. The van der Waals surface area contributed by atoms with Gasteiger partial charge in [-0.1, -0.05) is 12.1 Å². The Morgan fingerprint density at radius 1 is 1.28 bits per heavy atom. The number of hydrogen-bond donors (Lipinski definition) is 1. The standard InChI is InChI=1S/C13H14FN3O/c14-11-6-2-1-5-10(11)13-17-16-12(18-13)9-4-3-7-15-8-9/h1-2,5-6,9,15H,3-4,7-8H2. The summed E-state index contributed by atoms with van der Waals surface area (Å²) >= 11 is 0. The molecule has 0 saturated carbocycles. The first-order valence-electron chi connectivity index (χ1n) is 6.13. The van der Waals surface area contributed by atoms with Gasteiger partial charge in [0, 0.05) is 12.5 Å². The van der Waals surface area contributed by atoms with Crippen molar-refractivity contribution in [2.24, 2.45) is 0 Å². The molecule has 1 N–H and O–H groups in total. The van der Waals surface area contributed by atoms with Crippen LogP contribution in [0.2, 0.25) is 0 Å². The minimum atomic E-state index is -0.338. The van der Waals surface area contributed by atoms with Gasteiger partial charge in [-0.2, -0.15) is 0 Å². The maximum Gasteiger partial charge on any atom is 0.250 e. The second-order valence-corrected chi connectivity index (χ2v) is 4.47. The molecule has 5 heteroatoms. The van der Waals surface area contributed by atoms with Crippen LogP contribution in [0.1, 0.15) is 24.7 Å². The highest BCUT2D eigenvalue weighted by Gasteiger charge is 2.22. The molecule has 0 bridgehead atoms. The number of halogens is 1. The summed E-state index contributed by atoms with van der Waals surface area (Å²) in [6.45, 7) is 1.88. The maximum atomic E-state index is 13.6. The molecular weight excluding hydrogens is 233 g/mol. The fourth-order valence-electron chi connectivity index (χ4n) is 2.21. The molecule has 1 saturated heterocycles. The smallest absolute Gasteiger partial charge is 0.250 e. The summed E-state index contributed by atoms with van der Waals surface area (Å²) in [5.41, 5.74) is 0.361. The molecule has 3 rings (SSSR count). The Bertz CT molecular complexity index is 535. The Balaban J connectivity index is 1.87. The van der Waals surface area contributed by atoms with Crippen LogP contribution in [-0.4, -0.2) is 23.3 Å². The number of aromatic nitrogens is 2. The van der Waals surface area contributed by atoms with Crippen LogP contribution in [0.5, 0.6) is 0 Å². The Morgan fingerprint density at radius 3 is 2.94 bits per heavy atom. The van der Waals surface area contributed by atoms with Crippen LogP contribution in [0.3, 0.4) is 0 Å². The van der Waals surface area contributed by atoms with E-state index in [1.807, 2.05) is 0 Å². The Hall–Kier alpha value is -1.75. The number of rotatable bonds is 2. The zero-order valence-corrected chi connectivity index (χ0v) is 9.90. The molecule has 1 unspecified atom stereocenters. The summed E-state index contributed by atoms with van der Waals surface area (Å²) in [6.07, 6.45) is 2.13. The summed E-state index contributed by atoms with van der Waals surface area (Å²) < 4.78 is 19.2. The third kappa shape index (κ3) is 2.13. The van der Waals surface area contributed by atoms with E-state index in [1.54, 1.807) is 18.2 Å². The van der Waals surface area contributed by atoms with Crippen LogP contribution in [0, 0.1) is 5.82 Å². The summed E-state index contributed by atoms with van der Waals surface area (Å²) in [5, 5.41) is 11.3. The van der Waals surface area contributed by atoms with Crippen molar-refractivity contribution in [1.29, 1.82) is 0 Å². The molecule has 4 nitrogen and oxygen atoms in total. The van der Waals surface area contributed by atoms with Gasteiger partial charge in [0.15, 0.2) is 0 Å². The molecule has 1 aromatic carbocycles. The topological polar surface area (TPSA) is 51.0 Å². The molecule has 1 aromatic heterocycles. The summed E-state index contributed by atoms with van der Waals surface area (Å²) in [6, 6.07) is 6.43. The van der Waals surface area contributed by atoms with Crippen molar-refractivity contribution in [2.45, 2.75) is 18.8 Å². The fraction of sp³-hybridized carbons (Fsp3) is 0.385. The van der Waals surface area contributed by atoms with E-state index in [-0.39, 0.29) is 17.6 Å².